The first-order chi connectivity index (χ1) is 33.9. The van der Waals surface area contributed by atoms with Crippen molar-refractivity contribution in [2.24, 2.45) is 29.4 Å². The molecule has 72 heavy (non-hydrogen) atoms. The van der Waals surface area contributed by atoms with Crippen molar-refractivity contribution < 1.29 is 58.5 Å². The summed E-state index contributed by atoms with van der Waals surface area (Å²) in [7, 11) is 0. The lowest BCUT2D eigenvalue weighted by Gasteiger charge is -2.31. The summed E-state index contributed by atoms with van der Waals surface area (Å²) in [5.74, 6) is -7.64. The standard InChI is InChI=1S/C51H77N9O12/c1-28(2)21-35(52)44(64)54-36(22-29(3)4)46(66)55-37(25-33-16-18-34(62)19-17-33)48(68)58-40(27-61)45(65)53-26-42(63)59-43(31(7)8)50(70)60-20-12-15-41(60)49(69)56-38(24-32-13-10-9-11-14-32)47(67)57-39(51(71)72)23-30(5)6/h9-11,13-14,16-19,28-31,35-41,43,61-62H,12,15,20-27,52H2,1-8H3,(H,53,65)(H,54,64)(H,55,66)(H,56,69)(H,57,67)(H,58,68)(H,59,63)(H,71,72)/t35-,36-,37-,38-,39-,40-,41-,43-/m0/s1. The molecule has 398 valence electrons. The van der Waals surface area contributed by atoms with Gasteiger partial charge in [-0.3, -0.25) is 38.4 Å². The van der Waals surface area contributed by atoms with E-state index in [0.717, 1.165) is 0 Å². The third kappa shape index (κ3) is 19.5. The fraction of sp³-hybridized carbons (Fsp3) is 0.588. The number of benzene rings is 2. The lowest BCUT2D eigenvalue weighted by Crippen LogP contribution is -2.60. The second kappa shape index (κ2) is 29.0. The van der Waals surface area contributed by atoms with E-state index in [9.17, 15) is 58.5 Å². The Morgan fingerprint density at radius 1 is 0.611 bits per heavy atom. The summed E-state index contributed by atoms with van der Waals surface area (Å²) in [5, 5.41) is 47.9. The molecule has 12 N–H and O–H groups in total. The normalized spacial score (nSPS) is 16.4. The summed E-state index contributed by atoms with van der Waals surface area (Å²) in [5.41, 5.74) is 7.30. The molecule has 0 aromatic heterocycles. The number of phenolic OH excluding ortho intramolecular Hbond substituents is 1. The summed E-state index contributed by atoms with van der Waals surface area (Å²) in [6.07, 6.45) is 1.31. The molecule has 2 aromatic rings. The number of aliphatic carboxylic acids is 1. The Kier molecular flexibility index (Phi) is 24.1. The van der Waals surface area contributed by atoms with Crippen LogP contribution in [0.5, 0.6) is 5.75 Å². The van der Waals surface area contributed by atoms with E-state index in [1.165, 1.54) is 29.2 Å². The molecule has 0 aliphatic carbocycles. The lowest BCUT2D eigenvalue weighted by atomic mass is 9.99. The minimum absolute atomic E-state index is 0.0374. The van der Waals surface area contributed by atoms with E-state index in [1.54, 1.807) is 44.2 Å². The van der Waals surface area contributed by atoms with Gasteiger partial charge in [-0.1, -0.05) is 97.9 Å². The quantitative estimate of drug-likeness (QED) is 0.0551. The molecule has 8 amide bonds. The number of rotatable bonds is 28. The van der Waals surface area contributed by atoms with Gasteiger partial charge in [0.25, 0.3) is 0 Å². The van der Waals surface area contributed by atoms with E-state index in [4.69, 9.17) is 5.73 Å². The zero-order chi connectivity index (χ0) is 53.8. The van der Waals surface area contributed by atoms with Gasteiger partial charge >= 0.3 is 5.97 Å². The molecule has 0 bridgehead atoms. The largest absolute Gasteiger partial charge is 0.508 e. The fourth-order valence-electron chi connectivity index (χ4n) is 8.21. The second-order valence-electron chi connectivity index (χ2n) is 20.1. The van der Waals surface area contributed by atoms with E-state index in [0.29, 0.717) is 24.0 Å². The molecular formula is C51H77N9O12. The number of amides is 8. The van der Waals surface area contributed by atoms with Crippen molar-refractivity contribution in [1.29, 1.82) is 0 Å². The third-order valence-electron chi connectivity index (χ3n) is 12.0. The van der Waals surface area contributed by atoms with Crippen LogP contribution < -0.4 is 43.0 Å². The van der Waals surface area contributed by atoms with Gasteiger partial charge in [0.2, 0.25) is 47.3 Å². The smallest absolute Gasteiger partial charge is 0.326 e. The zero-order valence-electron chi connectivity index (χ0n) is 42.7. The van der Waals surface area contributed by atoms with Crippen LogP contribution in [0.1, 0.15) is 98.6 Å². The second-order valence-corrected chi connectivity index (χ2v) is 20.1. The van der Waals surface area contributed by atoms with Gasteiger partial charge in [-0.05, 0) is 79.0 Å². The number of nitrogens with one attached hydrogen (secondary N) is 7. The van der Waals surface area contributed by atoms with Crippen LogP contribution in [0.25, 0.3) is 0 Å². The van der Waals surface area contributed by atoms with Crippen molar-refractivity contribution in [2.45, 2.75) is 149 Å². The van der Waals surface area contributed by atoms with E-state index in [-0.39, 0.29) is 62.2 Å². The number of hydrogen-bond acceptors (Lipinski definition) is 12. The first-order valence-corrected chi connectivity index (χ1v) is 24.7. The molecular weight excluding hydrogens is 931 g/mol. The van der Waals surface area contributed by atoms with Crippen molar-refractivity contribution in [2.75, 3.05) is 19.7 Å². The number of hydrogen-bond donors (Lipinski definition) is 11. The molecule has 1 aliphatic heterocycles. The summed E-state index contributed by atoms with van der Waals surface area (Å²) in [4.78, 5) is 122. The number of likely N-dealkylation sites (tertiary alicyclic amines) is 1. The molecule has 2 aromatic carbocycles. The number of aromatic hydroxyl groups is 1. The van der Waals surface area contributed by atoms with Crippen LogP contribution in [-0.2, 0) is 56.0 Å². The number of nitrogens with zero attached hydrogens (tertiary/aromatic N) is 1. The molecule has 0 spiro atoms. The number of carboxylic acid groups (broad SMARTS) is 1. The Balaban J connectivity index is 1.72. The highest BCUT2D eigenvalue weighted by Crippen LogP contribution is 2.22. The fourth-order valence-corrected chi connectivity index (χ4v) is 8.21. The minimum atomic E-state index is -1.62. The molecule has 1 heterocycles. The highest BCUT2D eigenvalue weighted by molar-refractivity contribution is 5.97. The van der Waals surface area contributed by atoms with Crippen LogP contribution in [0.4, 0.5) is 0 Å². The summed E-state index contributed by atoms with van der Waals surface area (Å²) < 4.78 is 0. The molecule has 0 radical (unpaired) electrons. The Morgan fingerprint density at radius 3 is 1.65 bits per heavy atom. The molecule has 0 unspecified atom stereocenters. The van der Waals surface area contributed by atoms with Crippen molar-refractivity contribution >= 4 is 53.2 Å². The van der Waals surface area contributed by atoms with Crippen LogP contribution in [-0.4, -0.2) is 141 Å². The number of nitrogens with two attached hydrogens (primary N) is 1. The van der Waals surface area contributed by atoms with E-state index < -0.39 is 121 Å². The number of carbonyl (C=O) groups is 9. The maximum Gasteiger partial charge on any atom is 0.326 e. The van der Waals surface area contributed by atoms with Crippen molar-refractivity contribution in [1.82, 2.24) is 42.1 Å². The summed E-state index contributed by atoms with van der Waals surface area (Å²) in [6.45, 7) is 13.0. The van der Waals surface area contributed by atoms with E-state index >= 15 is 0 Å². The van der Waals surface area contributed by atoms with Gasteiger partial charge < -0.3 is 63.2 Å². The van der Waals surface area contributed by atoms with Crippen LogP contribution >= 0.6 is 0 Å². The topological polar surface area (TPSA) is 328 Å². The van der Waals surface area contributed by atoms with E-state index in [2.05, 4.69) is 37.2 Å². The molecule has 3 rings (SSSR count). The Bertz CT molecular complexity index is 2150. The number of aliphatic hydroxyl groups is 1. The predicted molar refractivity (Wildman–Crippen MR) is 267 cm³/mol. The molecule has 21 nitrogen and oxygen atoms in total. The average molecular weight is 1010 g/mol. The summed E-state index contributed by atoms with van der Waals surface area (Å²) in [6, 6.07) is 5.14. The third-order valence-corrected chi connectivity index (χ3v) is 12.0. The first kappa shape index (κ1) is 59.7. The maximum absolute atomic E-state index is 14.1. The van der Waals surface area contributed by atoms with Crippen molar-refractivity contribution in [3.05, 3.63) is 65.7 Å². The number of carbonyl (C=O) groups excluding carboxylic acids is 8. The van der Waals surface area contributed by atoms with Gasteiger partial charge in [-0.2, -0.15) is 0 Å². The highest BCUT2D eigenvalue weighted by atomic mass is 16.4. The molecule has 1 aliphatic rings. The maximum atomic E-state index is 14.1. The van der Waals surface area contributed by atoms with Gasteiger partial charge in [0.1, 0.15) is 48.0 Å². The SMILES string of the molecule is CC(C)C[C@H](NC(=O)[C@H](Cc1ccccc1)NC(=O)[C@@H]1CCCN1C(=O)[C@@H](NC(=O)CNC(=O)[C@H](CO)NC(=O)[C@H](Cc1ccc(O)cc1)NC(=O)[C@H](CC(C)C)NC(=O)[C@@H](N)CC(C)C)C(C)C)C(=O)O. The zero-order valence-corrected chi connectivity index (χ0v) is 42.7. The monoisotopic (exact) mass is 1010 g/mol. The van der Waals surface area contributed by atoms with Crippen LogP contribution in [0.2, 0.25) is 0 Å². The molecule has 0 saturated carbocycles. The van der Waals surface area contributed by atoms with Crippen LogP contribution in [0, 0.1) is 23.7 Å². The summed E-state index contributed by atoms with van der Waals surface area (Å²) >= 11 is 0. The molecule has 8 atom stereocenters. The minimum Gasteiger partial charge on any atom is -0.508 e. The molecule has 21 heteroatoms. The van der Waals surface area contributed by atoms with Crippen molar-refractivity contribution in [3.8, 4) is 5.75 Å². The average Bonchev–Trinajstić information content (AvgIpc) is 3.81. The first-order valence-electron chi connectivity index (χ1n) is 24.7. The van der Waals surface area contributed by atoms with Gasteiger partial charge in [0.15, 0.2) is 0 Å². The van der Waals surface area contributed by atoms with Crippen molar-refractivity contribution in [3.63, 3.8) is 0 Å². The number of aliphatic hydroxyl groups excluding tert-OH is 1. The Labute approximate surface area is 422 Å². The Hall–Kier alpha value is -6.61. The highest BCUT2D eigenvalue weighted by Gasteiger charge is 2.40. The number of phenols is 1. The van der Waals surface area contributed by atoms with E-state index in [1.807, 2.05) is 41.5 Å². The van der Waals surface area contributed by atoms with Gasteiger partial charge in [0.05, 0.1) is 19.2 Å². The van der Waals surface area contributed by atoms with Gasteiger partial charge in [0, 0.05) is 19.4 Å². The van der Waals surface area contributed by atoms with Gasteiger partial charge in [-0.25, -0.2) is 4.79 Å². The molecule has 1 fully saturated rings. The molecule has 1 saturated heterocycles. The lowest BCUT2D eigenvalue weighted by molar-refractivity contribution is -0.144. The van der Waals surface area contributed by atoms with Crippen LogP contribution in [0.15, 0.2) is 54.6 Å². The Morgan fingerprint density at radius 2 is 1.11 bits per heavy atom. The predicted octanol–water partition coefficient (Wildman–Crippen LogP) is 0.392. The van der Waals surface area contributed by atoms with Crippen LogP contribution in [0.3, 0.4) is 0 Å². The number of carboxylic acids is 1. The van der Waals surface area contributed by atoms with Gasteiger partial charge in [-0.15, -0.1) is 0 Å².